The number of hydrogen-bond acceptors (Lipinski definition) is 7. The lowest BCUT2D eigenvalue weighted by molar-refractivity contribution is -0.151. The third-order valence-electron chi connectivity index (χ3n) is 6.36. The van der Waals surface area contributed by atoms with E-state index in [0.717, 1.165) is 38.5 Å². The van der Waals surface area contributed by atoms with Crippen LogP contribution in [0.25, 0.3) is 0 Å². The van der Waals surface area contributed by atoms with E-state index < -0.39 is 27.9 Å². The fourth-order valence-corrected chi connectivity index (χ4v) is 5.45. The normalized spacial score (nSPS) is 14.6. The Kier molecular flexibility index (Phi) is 11.3. The molecule has 0 bridgehead atoms. The molecule has 0 unspecified atom stereocenters. The molecule has 2 amide bonds. The molecule has 10 nitrogen and oxygen atoms in total. The maximum Gasteiger partial charge on any atom is 0.329 e. The van der Waals surface area contributed by atoms with Crippen LogP contribution in [0.4, 0.5) is 5.69 Å². The SMILES string of the molecule is O=C(CCCCCCC(=O)Nc1ccc(S(=O)(=O)N[C@H](C(=O)OC2CCCC2)c2ccccc2)cc1)NO. The molecule has 206 valence electrons. The Balaban J connectivity index is 1.55. The van der Waals surface area contributed by atoms with Crippen LogP contribution in [0.15, 0.2) is 59.5 Å². The monoisotopic (exact) mass is 545 g/mol. The molecule has 0 radical (unpaired) electrons. The van der Waals surface area contributed by atoms with Crippen LogP contribution in [0, 0.1) is 0 Å². The molecule has 11 heteroatoms. The Labute approximate surface area is 223 Å². The highest BCUT2D eigenvalue weighted by Gasteiger charge is 2.31. The molecular weight excluding hydrogens is 510 g/mol. The molecule has 0 aromatic heterocycles. The number of carbonyl (C=O) groups is 3. The lowest BCUT2D eigenvalue weighted by atomic mass is 10.1. The van der Waals surface area contributed by atoms with Gasteiger partial charge in [0.25, 0.3) is 0 Å². The predicted molar refractivity (Wildman–Crippen MR) is 141 cm³/mol. The molecule has 4 N–H and O–H groups in total. The standard InChI is InChI=1S/C27H35N3O7S/c31-24(14-6-1-2-7-15-25(32)29-34)28-21-16-18-23(19-17-21)38(35,36)30-26(20-10-4-3-5-11-20)27(33)37-22-12-8-9-13-22/h3-5,10-11,16-19,22,26,30,34H,1-2,6-9,12-15H2,(H,28,31)(H,29,32)/t26-/m0/s1. The zero-order valence-corrected chi connectivity index (χ0v) is 22.0. The van der Waals surface area contributed by atoms with Crippen LogP contribution in [-0.2, 0) is 29.1 Å². The molecule has 0 aliphatic heterocycles. The van der Waals surface area contributed by atoms with Gasteiger partial charge in [0, 0.05) is 18.5 Å². The van der Waals surface area contributed by atoms with E-state index in [2.05, 4.69) is 10.0 Å². The summed E-state index contributed by atoms with van der Waals surface area (Å²) in [4.78, 5) is 36.1. The zero-order chi connectivity index (χ0) is 27.4. The fourth-order valence-electron chi connectivity index (χ4n) is 4.28. The molecule has 0 spiro atoms. The van der Waals surface area contributed by atoms with Crippen LogP contribution in [0.1, 0.15) is 75.8 Å². The number of esters is 1. The van der Waals surface area contributed by atoms with Crippen molar-refractivity contribution in [2.75, 3.05) is 5.32 Å². The fraction of sp³-hybridized carbons (Fsp3) is 0.444. The van der Waals surface area contributed by atoms with Gasteiger partial charge >= 0.3 is 5.97 Å². The molecule has 1 saturated carbocycles. The van der Waals surface area contributed by atoms with Crippen molar-refractivity contribution in [1.82, 2.24) is 10.2 Å². The van der Waals surface area contributed by atoms with Gasteiger partial charge in [0.15, 0.2) is 0 Å². The summed E-state index contributed by atoms with van der Waals surface area (Å²) in [5.41, 5.74) is 2.52. The first kappa shape index (κ1) is 29.3. The van der Waals surface area contributed by atoms with Crippen molar-refractivity contribution in [2.24, 2.45) is 0 Å². The van der Waals surface area contributed by atoms with E-state index >= 15 is 0 Å². The topological polar surface area (TPSA) is 151 Å². The highest BCUT2D eigenvalue weighted by atomic mass is 32.2. The number of hydroxylamine groups is 1. The largest absolute Gasteiger partial charge is 0.461 e. The van der Waals surface area contributed by atoms with Crippen LogP contribution in [0.5, 0.6) is 0 Å². The van der Waals surface area contributed by atoms with E-state index in [0.29, 0.717) is 24.1 Å². The van der Waals surface area contributed by atoms with Crippen LogP contribution in [0.3, 0.4) is 0 Å². The molecule has 0 heterocycles. The molecule has 2 aromatic carbocycles. The van der Waals surface area contributed by atoms with Gasteiger partial charge in [-0.05, 0) is 68.4 Å². The van der Waals surface area contributed by atoms with Gasteiger partial charge in [0.1, 0.15) is 12.1 Å². The Hall–Kier alpha value is -3.28. The van der Waals surface area contributed by atoms with Gasteiger partial charge in [-0.15, -0.1) is 0 Å². The third kappa shape index (κ3) is 9.23. The summed E-state index contributed by atoms with van der Waals surface area (Å²) in [6, 6.07) is 13.1. The molecule has 3 rings (SSSR count). The van der Waals surface area contributed by atoms with Crippen LogP contribution in [0.2, 0.25) is 0 Å². The summed E-state index contributed by atoms with van der Waals surface area (Å²) in [6.07, 6.45) is 6.63. The van der Waals surface area contributed by atoms with E-state index in [9.17, 15) is 22.8 Å². The quantitative estimate of drug-likeness (QED) is 0.121. The second-order valence-electron chi connectivity index (χ2n) is 9.33. The second kappa shape index (κ2) is 14.6. The summed E-state index contributed by atoms with van der Waals surface area (Å²) < 4.78 is 34.4. The maximum atomic E-state index is 13.1. The second-order valence-corrected chi connectivity index (χ2v) is 11.0. The van der Waals surface area contributed by atoms with Crippen molar-refractivity contribution in [3.63, 3.8) is 0 Å². The summed E-state index contributed by atoms with van der Waals surface area (Å²) in [7, 11) is -4.07. The van der Waals surface area contributed by atoms with Crippen molar-refractivity contribution in [2.45, 2.75) is 81.2 Å². The highest BCUT2D eigenvalue weighted by Crippen LogP contribution is 2.25. The van der Waals surface area contributed by atoms with Crippen molar-refractivity contribution in [3.8, 4) is 0 Å². The minimum Gasteiger partial charge on any atom is -0.461 e. The van der Waals surface area contributed by atoms with E-state index in [1.807, 2.05) is 0 Å². The summed E-state index contributed by atoms with van der Waals surface area (Å²) >= 11 is 0. The average Bonchev–Trinajstić information content (AvgIpc) is 3.43. The smallest absolute Gasteiger partial charge is 0.329 e. The Bertz CT molecular complexity index is 1160. The molecule has 38 heavy (non-hydrogen) atoms. The highest BCUT2D eigenvalue weighted by molar-refractivity contribution is 7.89. The predicted octanol–water partition coefficient (Wildman–Crippen LogP) is 3.98. The summed E-state index contributed by atoms with van der Waals surface area (Å²) in [6.45, 7) is 0. The van der Waals surface area contributed by atoms with Gasteiger partial charge in [-0.3, -0.25) is 14.8 Å². The van der Waals surface area contributed by atoms with Crippen molar-refractivity contribution in [1.29, 1.82) is 0 Å². The van der Waals surface area contributed by atoms with Gasteiger partial charge in [-0.2, -0.15) is 4.72 Å². The minimum atomic E-state index is -4.07. The lowest BCUT2D eigenvalue weighted by Crippen LogP contribution is -2.36. The summed E-state index contributed by atoms with van der Waals surface area (Å²) in [5, 5.41) is 11.2. The Morgan fingerprint density at radius 2 is 1.47 bits per heavy atom. The number of anilines is 1. The van der Waals surface area contributed by atoms with E-state index in [4.69, 9.17) is 9.94 Å². The minimum absolute atomic E-state index is 0.0444. The van der Waals surface area contributed by atoms with Gasteiger partial charge in [0.2, 0.25) is 21.8 Å². The van der Waals surface area contributed by atoms with Crippen LogP contribution >= 0.6 is 0 Å². The van der Waals surface area contributed by atoms with Gasteiger partial charge in [-0.25, -0.2) is 18.7 Å². The van der Waals surface area contributed by atoms with E-state index in [1.54, 1.807) is 35.8 Å². The molecular formula is C27H35N3O7S. The van der Waals surface area contributed by atoms with Gasteiger partial charge < -0.3 is 10.1 Å². The zero-order valence-electron chi connectivity index (χ0n) is 21.2. The number of ether oxygens (including phenoxy) is 1. The van der Waals surface area contributed by atoms with Crippen molar-refractivity contribution >= 4 is 33.5 Å². The number of unbranched alkanes of at least 4 members (excludes halogenated alkanes) is 3. The number of rotatable bonds is 14. The number of sulfonamides is 1. The van der Waals surface area contributed by atoms with Crippen molar-refractivity contribution in [3.05, 3.63) is 60.2 Å². The lowest BCUT2D eigenvalue weighted by Gasteiger charge is -2.20. The first-order chi connectivity index (χ1) is 18.3. The van der Waals surface area contributed by atoms with Gasteiger partial charge in [0.05, 0.1) is 4.90 Å². The Morgan fingerprint density at radius 1 is 0.868 bits per heavy atom. The third-order valence-corrected chi connectivity index (χ3v) is 7.80. The van der Waals surface area contributed by atoms with Gasteiger partial charge in [-0.1, -0.05) is 43.2 Å². The van der Waals surface area contributed by atoms with Crippen LogP contribution in [-0.4, -0.2) is 37.5 Å². The van der Waals surface area contributed by atoms with E-state index in [1.165, 1.54) is 24.3 Å². The first-order valence-electron chi connectivity index (χ1n) is 12.9. The maximum absolute atomic E-state index is 13.1. The Morgan fingerprint density at radius 3 is 2.08 bits per heavy atom. The number of carbonyl (C=O) groups excluding carboxylic acids is 3. The number of nitrogens with one attached hydrogen (secondary N) is 3. The first-order valence-corrected chi connectivity index (χ1v) is 14.4. The molecule has 2 aromatic rings. The number of hydrogen-bond donors (Lipinski definition) is 4. The molecule has 1 fully saturated rings. The summed E-state index contributed by atoms with van der Waals surface area (Å²) in [5.74, 6) is -1.26. The molecule has 1 aliphatic rings. The average molecular weight is 546 g/mol. The van der Waals surface area contributed by atoms with Crippen LogP contribution < -0.4 is 15.5 Å². The molecule has 0 saturated heterocycles. The molecule has 1 atom stereocenters. The van der Waals surface area contributed by atoms with Crippen molar-refractivity contribution < 1.29 is 32.7 Å². The number of amides is 2. The van der Waals surface area contributed by atoms with E-state index in [-0.39, 0.29) is 29.7 Å². The molecule has 1 aliphatic carbocycles. The number of benzene rings is 2.